The molecule has 0 aromatic carbocycles. The first-order chi connectivity index (χ1) is 6.43. The Labute approximate surface area is 80.6 Å². The molecule has 1 heterocycles. The van der Waals surface area contributed by atoms with Gasteiger partial charge >= 0.3 is 0 Å². The molecule has 1 N–H and O–H groups in total. The highest BCUT2D eigenvalue weighted by Crippen LogP contribution is 1.92. The van der Waals surface area contributed by atoms with Crippen LogP contribution in [0, 0.1) is 0 Å². The molecule has 0 radical (unpaired) electrons. The zero-order valence-corrected chi connectivity index (χ0v) is 8.08. The van der Waals surface area contributed by atoms with E-state index in [-0.39, 0.29) is 0 Å². The van der Waals surface area contributed by atoms with Gasteiger partial charge < -0.3 is 5.32 Å². The lowest BCUT2D eigenvalue weighted by molar-refractivity contribution is 0.265. The van der Waals surface area contributed by atoms with Gasteiger partial charge in [-0.15, -0.1) is 0 Å². The fourth-order valence-electron chi connectivity index (χ4n) is 1.32. The summed E-state index contributed by atoms with van der Waals surface area (Å²) >= 11 is 0. The minimum absolute atomic E-state index is 1.06. The number of allylic oxidation sites excluding steroid dienone is 4. The second-order valence-corrected chi connectivity index (χ2v) is 3.10. The largest absolute Gasteiger partial charge is 0.314 e. The predicted octanol–water partition coefficient (Wildman–Crippen LogP) is 1.19. The standard InChI is InChI=1S/C11H18N2/c1-2-3-4-5-6-9-13-10-7-12-8-11-13/h2-6,12H,1,7-11H2/b4-3-,6-5-. The van der Waals surface area contributed by atoms with E-state index in [1.807, 2.05) is 12.2 Å². The molecule has 0 saturated carbocycles. The van der Waals surface area contributed by atoms with Crippen molar-refractivity contribution in [3.8, 4) is 0 Å². The molecule has 0 aromatic rings. The molecule has 0 atom stereocenters. The van der Waals surface area contributed by atoms with E-state index in [0.717, 1.165) is 32.7 Å². The SMILES string of the molecule is C=C/C=C\C=C/CN1CCNCC1. The van der Waals surface area contributed by atoms with Gasteiger partial charge in [0, 0.05) is 32.7 Å². The van der Waals surface area contributed by atoms with Crippen molar-refractivity contribution in [3.05, 3.63) is 37.0 Å². The maximum absolute atomic E-state index is 3.61. The number of nitrogens with zero attached hydrogens (tertiary/aromatic N) is 1. The topological polar surface area (TPSA) is 15.3 Å². The van der Waals surface area contributed by atoms with Crippen LogP contribution in [0.2, 0.25) is 0 Å². The van der Waals surface area contributed by atoms with E-state index in [2.05, 4.69) is 28.9 Å². The second-order valence-electron chi connectivity index (χ2n) is 3.10. The average Bonchev–Trinajstić information content (AvgIpc) is 2.19. The Bertz CT molecular complexity index is 188. The third-order valence-corrected chi connectivity index (χ3v) is 2.07. The summed E-state index contributed by atoms with van der Waals surface area (Å²) in [5.74, 6) is 0. The van der Waals surface area contributed by atoms with Gasteiger partial charge in [-0.1, -0.05) is 37.0 Å². The van der Waals surface area contributed by atoms with Crippen molar-refractivity contribution in [2.45, 2.75) is 0 Å². The second kappa shape index (κ2) is 6.63. The molecule has 0 spiro atoms. The number of rotatable bonds is 4. The number of hydrogen-bond acceptors (Lipinski definition) is 2. The molecule has 0 unspecified atom stereocenters. The minimum Gasteiger partial charge on any atom is -0.314 e. The van der Waals surface area contributed by atoms with Crippen molar-refractivity contribution in [2.24, 2.45) is 0 Å². The van der Waals surface area contributed by atoms with Crippen LogP contribution in [0.5, 0.6) is 0 Å². The zero-order valence-electron chi connectivity index (χ0n) is 8.08. The van der Waals surface area contributed by atoms with Crippen LogP contribution < -0.4 is 5.32 Å². The first-order valence-electron chi connectivity index (χ1n) is 4.81. The number of nitrogens with one attached hydrogen (secondary N) is 1. The van der Waals surface area contributed by atoms with Gasteiger partial charge in [0.1, 0.15) is 0 Å². The van der Waals surface area contributed by atoms with Gasteiger partial charge in [0.25, 0.3) is 0 Å². The Morgan fingerprint density at radius 1 is 1.15 bits per heavy atom. The number of piperazine rings is 1. The van der Waals surface area contributed by atoms with Gasteiger partial charge in [0.05, 0.1) is 0 Å². The summed E-state index contributed by atoms with van der Waals surface area (Å²) in [6.07, 6.45) is 9.99. The lowest BCUT2D eigenvalue weighted by atomic mass is 10.3. The van der Waals surface area contributed by atoms with Crippen LogP contribution in [0.1, 0.15) is 0 Å². The van der Waals surface area contributed by atoms with Crippen molar-refractivity contribution in [1.82, 2.24) is 10.2 Å². The van der Waals surface area contributed by atoms with Crippen LogP contribution in [0.25, 0.3) is 0 Å². The molecular weight excluding hydrogens is 160 g/mol. The van der Waals surface area contributed by atoms with E-state index in [1.54, 1.807) is 6.08 Å². The lowest BCUT2D eigenvalue weighted by Crippen LogP contribution is -2.43. The van der Waals surface area contributed by atoms with Crippen molar-refractivity contribution in [2.75, 3.05) is 32.7 Å². The summed E-state index contributed by atoms with van der Waals surface area (Å²) in [7, 11) is 0. The lowest BCUT2D eigenvalue weighted by Gasteiger charge is -2.25. The van der Waals surface area contributed by atoms with Gasteiger partial charge in [-0.25, -0.2) is 0 Å². The summed E-state index contributed by atoms with van der Waals surface area (Å²) in [6.45, 7) is 9.23. The highest BCUT2D eigenvalue weighted by atomic mass is 15.2. The molecule has 2 heteroatoms. The van der Waals surface area contributed by atoms with Crippen LogP contribution in [-0.2, 0) is 0 Å². The van der Waals surface area contributed by atoms with Crippen molar-refractivity contribution >= 4 is 0 Å². The maximum Gasteiger partial charge on any atom is 0.0167 e. The van der Waals surface area contributed by atoms with E-state index in [9.17, 15) is 0 Å². The summed E-state index contributed by atoms with van der Waals surface area (Å²) < 4.78 is 0. The van der Waals surface area contributed by atoms with E-state index < -0.39 is 0 Å². The van der Waals surface area contributed by atoms with Crippen LogP contribution in [0.3, 0.4) is 0 Å². The molecular formula is C11H18N2. The molecule has 72 valence electrons. The fraction of sp³-hybridized carbons (Fsp3) is 0.455. The summed E-state index contributed by atoms with van der Waals surface area (Å²) in [4.78, 5) is 2.44. The van der Waals surface area contributed by atoms with Crippen molar-refractivity contribution in [3.63, 3.8) is 0 Å². The molecule has 1 fully saturated rings. The molecule has 13 heavy (non-hydrogen) atoms. The maximum atomic E-state index is 3.61. The smallest absolute Gasteiger partial charge is 0.0167 e. The van der Waals surface area contributed by atoms with Crippen LogP contribution in [0.4, 0.5) is 0 Å². The Hall–Kier alpha value is -0.860. The molecule has 0 bridgehead atoms. The van der Waals surface area contributed by atoms with E-state index >= 15 is 0 Å². The number of hydrogen-bond donors (Lipinski definition) is 1. The van der Waals surface area contributed by atoms with E-state index in [4.69, 9.17) is 0 Å². The van der Waals surface area contributed by atoms with Gasteiger partial charge in [0.2, 0.25) is 0 Å². The summed E-state index contributed by atoms with van der Waals surface area (Å²) in [6, 6.07) is 0. The molecule has 2 nitrogen and oxygen atoms in total. The zero-order chi connectivity index (χ0) is 9.36. The van der Waals surface area contributed by atoms with Gasteiger partial charge in [0.15, 0.2) is 0 Å². The van der Waals surface area contributed by atoms with Crippen molar-refractivity contribution in [1.29, 1.82) is 0 Å². The average molecular weight is 178 g/mol. The highest BCUT2D eigenvalue weighted by Gasteiger charge is 2.05. The molecule has 0 aliphatic carbocycles. The minimum atomic E-state index is 1.06. The Morgan fingerprint density at radius 2 is 1.92 bits per heavy atom. The Balaban J connectivity index is 2.13. The van der Waals surface area contributed by atoms with Crippen molar-refractivity contribution < 1.29 is 0 Å². The summed E-state index contributed by atoms with van der Waals surface area (Å²) in [5.41, 5.74) is 0. The molecule has 0 aromatic heterocycles. The quantitative estimate of drug-likeness (QED) is 0.651. The molecule has 1 aliphatic heterocycles. The normalized spacial score (nSPS) is 20.0. The van der Waals surface area contributed by atoms with Crippen LogP contribution in [0.15, 0.2) is 37.0 Å². The monoisotopic (exact) mass is 178 g/mol. The van der Waals surface area contributed by atoms with Crippen LogP contribution >= 0.6 is 0 Å². The Morgan fingerprint density at radius 3 is 2.62 bits per heavy atom. The highest BCUT2D eigenvalue weighted by molar-refractivity contribution is 5.09. The fourth-order valence-corrected chi connectivity index (χ4v) is 1.32. The summed E-state index contributed by atoms with van der Waals surface area (Å²) in [5, 5.41) is 3.33. The first kappa shape index (κ1) is 10.2. The van der Waals surface area contributed by atoms with Gasteiger partial charge in [-0.2, -0.15) is 0 Å². The van der Waals surface area contributed by atoms with Crippen LogP contribution in [-0.4, -0.2) is 37.6 Å². The third kappa shape index (κ3) is 4.65. The van der Waals surface area contributed by atoms with E-state index in [0.29, 0.717) is 0 Å². The first-order valence-corrected chi connectivity index (χ1v) is 4.81. The molecule has 1 rings (SSSR count). The van der Waals surface area contributed by atoms with E-state index in [1.165, 1.54) is 0 Å². The molecule has 1 aliphatic rings. The Kier molecular flexibility index (Phi) is 5.22. The third-order valence-electron chi connectivity index (χ3n) is 2.07. The van der Waals surface area contributed by atoms with Gasteiger partial charge in [-0.05, 0) is 0 Å². The predicted molar refractivity (Wildman–Crippen MR) is 57.8 cm³/mol. The van der Waals surface area contributed by atoms with Gasteiger partial charge in [-0.3, -0.25) is 4.90 Å². The molecule has 1 saturated heterocycles. The molecule has 0 amide bonds.